The predicted molar refractivity (Wildman–Crippen MR) is 116 cm³/mol. The van der Waals surface area contributed by atoms with E-state index in [9.17, 15) is 0 Å². The van der Waals surface area contributed by atoms with Crippen molar-refractivity contribution in [2.24, 2.45) is 5.92 Å². The van der Waals surface area contributed by atoms with Crippen LogP contribution in [-0.2, 0) is 0 Å². The topological polar surface area (TPSA) is 19.0 Å². The van der Waals surface area contributed by atoms with Gasteiger partial charge in [0.1, 0.15) is 5.75 Å². The van der Waals surface area contributed by atoms with E-state index in [1.54, 1.807) is 0 Å². The summed E-state index contributed by atoms with van der Waals surface area (Å²) < 4.78 is 5.95. The maximum absolute atomic E-state index is 5.95. The van der Waals surface area contributed by atoms with Gasteiger partial charge in [0.25, 0.3) is 0 Å². The zero-order valence-corrected chi connectivity index (χ0v) is 18.3. The van der Waals surface area contributed by atoms with Gasteiger partial charge in [0, 0.05) is 32.2 Å². The third-order valence-corrected chi connectivity index (χ3v) is 5.72. The van der Waals surface area contributed by atoms with Crippen molar-refractivity contribution in [2.75, 3.05) is 60.0 Å². The van der Waals surface area contributed by atoms with E-state index >= 15 is 0 Å². The number of hydrogen-bond acceptors (Lipinski definition) is 4. The van der Waals surface area contributed by atoms with E-state index in [4.69, 9.17) is 4.74 Å². The van der Waals surface area contributed by atoms with E-state index in [0.29, 0.717) is 6.04 Å². The zero-order chi connectivity index (χ0) is 19.6. The normalized spacial score (nSPS) is 15.7. The van der Waals surface area contributed by atoms with Crippen LogP contribution in [0.1, 0.15) is 51.6 Å². The lowest BCUT2D eigenvalue weighted by atomic mass is 10.1. The molecule has 154 valence electrons. The first kappa shape index (κ1) is 22.2. The average Bonchev–Trinajstić information content (AvgIpc) is 3.49. The standard InChI is InChI=1S/C23H41N3O/c1-6-25(7-2)15-8-18-27-23-13-11-22(12-14-23)20(3)26(17-16-24(4)5)19-21-9-10-21/h11-14,20-21H,6-10,15-19H2,1-5H3. The minimum atomic E-state index is 0.460. The van der Waals surface area contributed by atoms with Crippen molar-refractivity contribution in [3.05, 3.63) is 29.8 Å². The maximum atomic E-state index is 5.95. The second-order valence-corrected chi connectivity index (χ2v) is 8.22. The number of ether oxygens (including phenoxy) is 1. The summed E-state index contributed by atoms with van der Waals surface area (Å²) in [5, 5.41) is 0. The van der Waals surface area contributed by atoms with Gasteiger partial charge in [-0.15, -0.1) is 0 Å². The third-order valence-electron chi connectivity index (χ3n) is 5.72. The fourth-order valence-corrected chi connectivity index (χ4v) is 3.47. The van der Waals surface area contributed by atoms with Crippen molar-refractivity contribution in [1.82, 2.24) is 14.7 Å². The Bertz CT molecular complexity index is 509. The van der Waals surface area contributed by atoms with E-state index < -0.39 is 0 Å². The van der Waals surface area contributed by atoms with E-state index in [1.165, 1.54) is 24.9 Å². The molecule has 1 atom stereocenters. The SMILES string of the molecule is CCN(CC)CCCOc1ccc(C(C)N(CCN(C)C)CC2CC2)cc1. The van der Waals surface area contributed by atoms with Crippen molar-refractivity contribution < 1.29 is 4.74 Å². The Hall–Kier alpha value is -1.10. The molecule has 1 aliphatic rings. The molecule has 0 aliphatic heterocycles. The molecule has 27 heavy (non-hydrogen) atoms. The number of rotatable bonds is 14. The molecule has 0 heterocycles. The molecule has 1 aromatic carbocycles. The highest BCUT2D eigenvalue weighted by Crippen LogP contribution is 2.33. The molecule has 0 spiro atoms. The quantitative estimate of drug-likeness (QED) is 0.455. The van der Waals surface area contributed by atoms with Gasteiger partial charge in [-0.2, -0.15) is 0 Å². The Balaban J connectivity index is 1.82. The number of benzene rings is 1. The Morgan fingerprint density at radius 2 is 1.67 bits per heavy atom. The maximum Gasteiger partial charge on any atom is 0.119 e. The molecular weight excluding hydrogens is 334 g/mol. The van der Waals surface area contributed by atoms with Crippen LogP contribution >= 0.6 is 0 Å². The molecule has 0 bridgehead atoms. The molecule has 1 unspecified atom stereocenters. The summed E-state index contributed by atoms with van der Waals surface area (Å²) in [7, 11) is 4.32. The summed E-state index contributed by atoms with van der Waals surface area (Å²) in [4.78, 5) is 7.37. The Morgan fingerprint density at radius 3 is 2.22 bits per heavy atom. The first-order valence-electron chi connectivity index (χ1n) is 10.9. The molecule has 4 nitrogen and oxygen atoms in total. The average molecular weight is 376 g/mol. The third kappa shape index (κ3) is 8.20. The highest BCUT2D eigenvalue weighted by atomic mass is 16.5. The van der Waals surface area contributed by atoms with Crippen molar-refractivity contribution in [2.45, 2.75) is 46.1 Å². The summed E-state index contributed by atoms with van der Waals surface area (Å²) in [6.45, 7) is 14.4. The van der Waals surface area contributed by atoms with Crippen LogP contribution in [-0.4, -0.2) is 74.7 Å². The first-order chi connectivity index (χ1) is 13.0. The molecule has 1 aliphatic carbocycles. The van der Waals surface area contributed by atoms with Crippen LogP contribution < -0.4 is 4.74 Å². The molecule has 4 heteroatoms. The van der Waals surface area contributed by atoms with Gasteiger partial charge in [-0.1, -0.05) is 26.0 Å². The summed E-state index contributed by atoms with van der Waals surface area (Å²) >= 11 is 0. The Labute approximate surface area is 167 Å². The summed E-state index contributed by atoms with van der Waals surface area (Å²) in [5.41, 5.74) is 1.39. The Kier molecular flexibility index (Phi) is 9.60. The molecule has 1 saturated carbocycles. The monoisotopic (exact) mass is 375 g/mol. The number of likely N-dealkylation sites (N-methyl/N-ethyl adjacent to an activating group) is 1. The predicted octanol–water partition coefficient (Wildman–Crippen LogP) is 4.13. The molecule has 0 amide bonds. The number of hydrogen-bond donors (Lipinski definition) is 0. The van der Waals surface area contributed by atoms with Crippen molar-refractivity contribution in [1.29, 1.82) is 0 Å². The van der Waals surface area contributed by atoms with Crippen molar-refractivity contribution in [3.8, 4) is 5.75 Å². The van der Waals surface area contributed by atoms with Crippen LogP contribution in [0.25, 0.3) is 0 Å². The molecule has 2 rings (SSSR count). The van der Waals surface area contributed by atoms with Crippen LogP contribution in [0.5, 0.6) is 5.75 Å². The van der Waals surface area contributed by atoms with Crippen LogP contribution in [0.15, 0.2) is 24.3 Å². The summed E-state index contributed by atoms with van der Waals surface area (Å²) in [5.74, 6) is 1.91. The summed E-state index contributed by atoms with van der Waals surface area (Å²) in [6, 6.07) is 9.25. The van der Waals surface area contributed by atoms with E-state index in [-0.39, 0.29) is 0 Å². The molecule has 0 aromatic heterocycles. The molecule has 0 N–H and O–H groups in total. The van der Waals surface area contributed by atoms with Gasteiger partial charge in [-0.25, -0.2) is 0 Å². The zero-order valence-electron chi connectivity index (χ0n) is 18.3. The summed E-state index contributed by atoms with van der Waals surface area (Å²) in [6.07, 6.45) is 3.90. The van der Waals surface area contributed by atoms with Gasteiger partial charge < -0.3 is 14.5 Å². The lowest BCUT2D eigenvalue weighted by molar-refractivity contribution is 0.182. The number of nitrogens with zero attached hydrogens (tertiary/aromatic N) is 3. The Morgan fingerprint density at radius 1 is 1.00 bits per heavy atom. The van der Waals surface area contributed by atoms with Gasteiger partial charge in [0.2, 0.25) is 0 Å². The highest BCUT2D eigenvalue weighted by molar-refractivity contribution is 5.29. The van der Waals surface area contributed by atoms with Gasteiger partial charge in [0.15, 0.2) is 0 Å². The van der Waals surface area contributed by atoms with E-state index in [2.05, 4.69) is 73.8 Å². The molecule has 0 radical (unpaired) electrons. The van der Waals surface area contributed by atoms with Crippen molar-refractivity contribution in [3.63, 3.8) is 0 Å². The highest BCUT2D eigenvalue weighted by Gasteiger charge is 2.27. The van der Waals surface area contributed by atoms with Crippen LogP contribution in [0.3, 0.4) is 0 Å². The smallest absolute Gasteiger partial charge is 0.119 e. The second-order valence-electron chi connectivity index (χ2n) is 8.22. The van der Waals surface area contributed by atoms with E-state index in [1.807, 2.05) is 0 Å². The largest absolute Gasteiger partial charge is 0.494 e. The lowest BCUT2D eigenvalue weighted by Gasteiger charge is -2.30. The minimum Gasteiger partial charge on any atom is -0.494 e. The van der Waals surface area contributed by atoms with Crippen LogP contribution in [0, 0.1) is 5.92 Å². The van der Waals surface area contributed by atoms with E-state index in [0.717, 1.165) is 57.4 Å². The van der Waals surface area contributed by atoms with Crippen LogP contribution in [0.2, 0.25) is 0 Å². The van der Waals surface area contributed by atoms with Crippen molar-refractivity contribution >= 4 is 0 Å². The van der Waals surface area contributed by atoms with Gasteiger partial charge >= 0.3 is 0 Å². The van der Waals surface area contributed by atoms with Gasteiger partial charge in [-0.05, 0) is 77.0 Å². The molecule has 1 fully saturated rings. The lowest BCUT2D eigenvalue weighted by Crippen LogP contribution is -2.35. The first-order valence-corrected chi connectivity index (χ1v) is 10.9. The molecule has 1 aromatic rings. The molecular formula is C23H41N3O. The van der Waals surface area contributed by atoms with Gasteiger partial charge in [-0.3, -0.25) is 4.90 Å². The second kappa shape index (κ2) is 11.7. The fourth-order valence-electron chi connectivity index (χ4n) is 3.47. The molecule has 0 saturated heterocycles. The fraction of sp³-hybridized carbons (Fsp3) is 0.739. The van der Waals surface area contributed by atoms with Crippen LogP contribution in [0.4, 0.5) is 0 Å². The minimum absolute atomic E-state index is 0.460. The van der Waals surface area contributed by atoms with Gasteiger partial charge in [0.05, 0.1) is 6.61 Å².